The molecule has 12 heteroatoms. The molecule has 0 N–H and O–H groups in total. The van der Waals surface area contributed by atoms with E-state index in [9.17, 15) is 9.59 Å². The summed E-state index contributed by atoms with van der Waals surface area (Å²) in [5.74, 6) is -1.91. The molecule has 2 unspecified atom stereocenters. The maximum Gasteiger partial charge on any atom is 0.346 e. The summed E-state index contributed by atoms with van der Waals surface area (Å²) in [5, 5.41) is 0. The number of fused-ring (bicyclic) bond motifs is 3. The monoisotopic (exact) mass is 814 g/mol. The molecule has 2 saturated heterocycles. The first-order chi connectivity index (χ1) is 28.7. The smallest absolute Gasteiger partial charge is 0.346 e. The Morgan fingerprint density at radius 3 is 1.34 bits per heavy atom. The summed E-state index contributed by atoms with van der Waals surface area (Å²) in [6.07, 6.45) is 8.11. The Labute approximate surface area is 344 Å². The second kappa shape index (κ2) is 19.9. The molecule has 7 rings (SSSR count). The van der Waals surface area contributed by atoms with E-state index in [0.29, 0.717) is 51.1 Å². The van der Waals surface area contributed by atoms with E-state index in [1.807, 2.05) is 26.0 Å². The maximum atomic E-state index is 15.1. The minimum Gasteiger partial charge on any atom is -0.493 e. The number of benzene rings is 4. The number of carbonyl (C=O) groups is 2. The molecule has 0 spiro atoms. The van der Waals surface area contributed by atoms with Crippen LogP contribution >= 0.6 is 0 Å². The molecule has 2 heterocycles. The van der Waals surface area contributed by atoms with Gasteiger partial charge in [0.05, 0.1) is 50.8 Å². The highest BCUT2D eigenvalue weighted by molar-refractivity contribution is 5.93. The predicted octanol–water partition coefficient (Wildman–Crippen LogP) is 9.42. The number of rotatable bonds is 24. The summed E-state index contributed by atoms with van der Waals surface area (Å²) in [4.78, 5) is 26.2. The average molecular weight is 815 g/mol. The van der Waals surface area contributed by atoms with Gasteiger partial charge in [-0.05, 0) is 109 Å². The zero-order valence-electron chi connectivity index (χ0n) is 33.7. The van der Waals surface area contributed by atoms with Crippen molar-refractivity contribution in [3.05, 3.63) is 107 Å². The zero-order valence-corrected chi connectivity index (χ0v) is 33.7. The van der Waals surface area contributed by atoms with E-state index in [1.54, 1.807) is 36.4 Å². The van der Waals surface area contributed by atoms with Crippen LogP contribution in [0.5, 0.6) is 23.0 Å². The lowest BCUT2D eigenvalue weighted by Crippen LogP contribution is -2.16. The molecule has 0 bridgehead atoms. The van der Waals surface area contributed by atoms with Crippen LogP contribution in [0.1, 0.15) is 97.1 Å². The first kappa shape index (κ1) is 42.3. The third-order valence-electron chi connectivity index (χ3n) is 10.7. The van der Waals surface area contributed by atoms with E-state index in [0.717, 1.165) is 86.8 Å². The number of halogens is 2. The lowest BCUT2D eigenvalue weighted by molar-refractivity contribution is 0.0719. The van der Waals surface area contributed by atoms with Crippen LogP contribution in [0.4, 0.5) is 8.78 Å². The highest BCUT2D eigenvalue weighted by Crippen LogP contribution is 2.50. The second-order valence-corrected chi connectivity index (χ2v) is 15.7. The Morgan fingerprint density at radius 1 is 0.559 bits per heavy atom. The Kier molecular flexibility index (Phi) is 14.3. The third kappa shape index (κ3) is 11.7. The molecule has 1 aliphatic carbocycles. The largest absolute Gasteiger partial charge is 0.493 e. The van der Waals surface area contributed by atoms with E-state index >= 15 is 8.78 Å². The quantitative estimate of drug-likeness (QED) is 0.0293. The Bertz CT molecular complexity index is 1930. The number of epoxide rings is 2. The first-order valence-corrected chi connectivity index (χ1v) is 20.6. The molecule has 10 nitrogen and oxygen atoms in total. The molecular weight excluding hydrogens is 763 g/mol. The molecule has 59 heavy (non-hydrogen) atoms. The van der Waals surface area contributed by atoms with Gasteiger partial charge in [0.1, 0.15) is 46.8 Å². The van der Waals surface area contributed by atoms with Crippen molar-refractivity contribution in [2.45, 2.75) is 82.8 Å². The van der Waals surface area contributed by atoms with E-state index in [-0.39, 0.29) is 34.8 Å². The van der Waals surface area contributed by atoms with Gasteiger partial charge in [0, 0.05) is 30.8 Å². The summed E-state index contributed by atoms with van der Waals surface area (Å²) >= 11 is 0. The van der Waals surface area contributed by atoms with E-state index in [4.69, 9.17) is 37.9 Å². The van der Waals surface area contributed by atoms with E-state index in [1.165, 1.54) is 24.3 Å². The van der Waals surface area contributed by atoms with Crippen LogP contribution < -0.4 is 18.9 Å². The number of esters is 2. The molecular formula is C47H52F2O10. The zero-order chi connectivity index (χ0) is 41.2. The van der Waals surface area contributed by atoms with Crippen LogP contribution in [-0.2, 0) is 24.4 Å². The maximum absolute atomic E-state index is 15.1. The summed E-state index contributed by atoms with van der Waals surface area (Å²) in [6, 6.07) is 18.8. The molecule has 0 aromatic heterocycles. The van der Waals surface area contributed by atoms with E-state index in [2.05, 4.69) is 0 Å². The van der Waals surface area contributed by atoms with Crippen molar-refractivity contribution in [3.8, 4) is 34.1 Å². The minimum atomic E-state index is -0.827. The second-order valence-electron chi connectivity index (χ2n) is 15.7. The summed E-state index contributed by atoms with van der Waals surface area (Å²) in [7, 11) is 0. The molecule has 0 saturated carbocycles. The molecule has 314 valence electrons. The van der Waals surface area contributed by atoms with Crippen LogP contribution in [0.3, 0.4) is 0 Å². The Balaban J connectivity index is 0.870. The highest BCUT2D eigenvalue weighted by Gasteiger charge is 2.36. The first-order valence-electron chi connectivity index (χ1n) is 20.6. The normalized spacial score (nSPS) is 16.9. The molecule has 2 aliphatic heterocycles. The van der Waals surface area contributed by atoms with Crippen molar-refractivity contribution in [2.75, 3.05) is 52.9 Å². The van der Waals surface area contributed by atoms with E-state index < -0.39 is 29.0 Å². The van der Waals surface area contributed by atoms with Crippen LogP contribution in [0.25, 0.3) is 11.1 Å². The van der Waals surface area contributed by atoms with Gasteiger partial charge < -0.3 is 37.9 Å². The fraction of sp³-hybridized carbons (Fsp3) is 0.447. The van der Waals surface area contributed by atoms with Gasteiger partial charge in [0.25, 0.3) is 0 Å². The number of hydrogen-bond donors (Lipinski definition) is 0. The van der Waals surface area contributed by atoms with Crippen molar-refractivity contribution < 1.29 is 56.3 Å². The fourth-order valence-electron chi connectivity index (χ4n) is 7.11. The fourth-order valence-corrected chi connectivity index (χ4v) is 7.11. The molecule has 4 aromatic carbocycles. The van der Waals surface area contributed by atoms with Gasteiger partial charge in [-0.15, -0.1) is 0 Å². The summed E-state index contributed by atoms with van der Waals surface area (Å²) in [6.45, 7) is 9.25. The number of hydrogen-bond acceptors (Lipinski definition) is 10. The average Bonchev–Trinajstić information content (AvgIpc) is 4.17. The molecule has 4 aromatic rings. The van der Waals surface area contributed by atoms with Gasteiger partial charge in [-0.25, -0.2) is 18.4 Å². The number of unbranched alkanes of at least 4 members (excludes halogenated alkanes) is 6. The van der Waals surface area contributed by atoms with Gasteiger partial charge in [-0.3, -0.25) is 0 Å². The molecule has 0 radical (unpaired) electrons. The Morgan fingerprint density at radius 2 is 0.949 bits per heavy atom. The lowest BCUT2D eigenvalue weighted by atomic mass is 9.82. The van der Waals surface area contributed by atoms with Crippen LogP contribution in [0.15, 0.2) is 72.8 Å². The number of ether oxygens (including phenoxy) is 8. The van der Waals surface area contributed by atoms with Crippen molar-refractivity contribution in [3.63, 3.8) is 0 Å². The van der Waals surface area contributed by atoms with Crippen molar-refractivity contribution in [1.82, 2.24) is 0 Å². The third-order valence-corrected chi connectivity index (χ3v) is 10.7. The SMILES string of the molecule is CC1(C)c2cc(OC(=O)c3ccc(OCCCCCCOCC4CO4)cc3F)ccc2-c2ccc(OC(=O)c3ccc(OCCCCCCOCC4CO4)cc3F)cc21. The molecule has 0 amide bonds. The standard InChI is InChI=1S/C47H52F2O10/c1-47(2)41-23-33(58-45(50)39-17-11-31(25-43(39)48)54-21-9-5-3-7-19-52-27-35-29-56-35)13-15-37(41)38-16-14-34(24-42(38)47)59-46(51)40-18-12-32(26-44(40)49)55-22-10-6-4-8-20-53-28-36-30-57-36/h11-18,23-26,35-36H,3-10,19-22,27-30H2,1-2H3. The predicted molar refractivity (Wildman–Crippen MR) is 216 cm³/mol. The van der Waals surface area contributed by atoms with Crippen molar-refractivity contribution in [1.29, 1.82) is 0 Å². The van der Waals surface area contributed by atoms with Crippen LogP contribution in [0.2, 0.25) is 0 Å². The summed E-state index contributed by atoms with van der Waals surface area (Å²) < 4.78 is 74.2. The Hall–Kier alpha value is -4.88. The van der Waals surface area contributed by atoms with Crippen LogP contribution in [-0.4, -0.2) is 77.0 Å². The topological polar surface area (TPSA) is 115 Å². The van der Waals surface area contributed by atoms with Gasteiger partial charge in [0.15, 0.2) is 0 Å². The van der Waals surface area contributed by atoms with Crippen molar-refractivity contribution >= 4 is 11.9 Å². The van der Waals surface area contributed by atoms with Gasteiger partial charge in [-0.1, -0.05) is 38.8 Å². The van der Waals surface area contributed by atoms with Crippen LogP contribution in [0, 0.1) is 11.6 Å². The molecule has 3 aliphatic rings. The lowest BCUT2D eigenvalue weighted by Gasteiger charge is -2.22. The minimum absolute atomic E-state index is 0.203. The van der Waals surface area contributed by atoms with Gasteiger partial charge in [0.2, 0.25) is 0 Å². The highest BCUT2D eigenvalue weighted by atomic mass is 19.1. The van der Waals surface area contributed by atoms with Gasteiger partial charge in [-0.2, -0.15) is 0 Å². The van der Waals surface area contributed by atoms with Gasteiger partial charge >= 0.3 is 11.9 Å². The van der Waals surface area contributed by atoms with Crippen molar-refractivity contribution in [2.24, 2.45) is 0 Å². The summed E-state index contributed by atoms with van der Waals surface area (Å²) in [5.41, 5.74) is 2.60. The number of carbonyl (C=O) groups excluding carboxylic acids is 2. The molecule has 2 atom stereocenters. The molecule has 2 fully saturated rings.